The normalized spacial score (nSPS) is 10.6. The van der Waals surface area contributed by atoms with E-state index in [1.807, 2.05) is 13.3 Å². The van der Waals surface area contributed by atoms with Gasteiger partial charge < -0.3 is 9.47 Å². The van der Waals surface area contributed by atoms with Crippen LogP contribution in [-0.4, -0.2) is 26.4 Å². The molecule has 78 valence electrons. The van der Waals surface area contributed by atoms with E-state index >= 15 is 0 Å². The van der Waals surface area contributed by atoms with Gasteiger partial charge in [0.15, 0.2) is 0 Å². The number of rotatable bonds is 10. The summed E-state index contributed by atoms with van der Waals surface area (Å²) >= 11 is 0. The average Bonchev–Trinajstić information content (AvgIpc) is 2.16. The van der Waals surface area contributed by atoms with E-state index in [1.54, 1.807) is 0 Å². The summed E-state index contributed by atoms with van der Waals surface area (Å²) in [7, 11) is 0. The van der Waals surface area contributed by atoms with Gasteiger partial charge in [-0.15, -0.1) is 0 Å². The quantitative estimate of drug-likeness (QED) is 0.488. The third-order valence-electron chi connectivity index (χ3n) is 1.76. The van der Waals surface area contributed by atoms with Crippen LogP contribution >= 0.6 is 0 Å². The molecule has 0 aromatic rings. The van der Waals surface area contributed by atoms with Gasteiger partial charge >= 0.3 is 0 Å². The Morgan fingerprint density at radius 3 is 2.15 bits per heavy atom. The van der Waals surface area contributed by atoms with Crippen molar-refractivity contribution >= 4 is 0 Å². The summed E-state index contributed by atoms with van der Waals surface area (Å²) in [6.07, 6.45) is 6.82. The first-order valence-corrected chi connectivity index (χ1v) is 5.14. The molecule has 0 saturated carbocycles. The molecule has 0 aromatic carbocycles. The van der Waals surface area contributed by atoms with Gasteiger partial charge in [-0.05, 0) is 26.2 Å². The topological polar surface area (TPSA) is 18.5 Å². The molecule has 0 heterocycles. The van der Waals surface area contributed by atoms with Gasteiger partial charge in [0.25, 0.3) is 0 Å². The molecule has 0 amide bonds. The molecule has 0 N–H and O–H groups in total. The van der Waals surface area contributed by atoms with Crippen molar-refractivity contribution in [3.8, 4) is 0 Å². The van der Waals surface area contributed by atoms with Crippen molar-refractivity contribution in [3.63, 3.8) is 0 Å². The second kappa shape index (κ2) is 11.9. The molecule has 2 heteroatoms. The molecular weight excluding hydrogens is 164 g/mol. The number of hydrogen-bond acceptors (Lipinski definition) is 2. The second-order valence-corrected chi connectivity index (χ2v) is 3.01. The Bertz CT molecular complexity index is 74.2. The predicted octanol–water partition coefficient (Wildman–Crippen LogP) is 2.64. The molecule has 0 aliphatic heterocycles. The first-order valence-electron chi connectivity index (χ1n) is 5.14. The van der Waals surface area contributed by atoms with Crippen LogP contribution in [0.2, 0.25) is 0 Å². The Labute approximate surface area is 82.6 Å². The molecule has 0 aliphatic carbocycles. The summed E-state index contributed by atoms with van der Waals surface area (Å²) < 4.78 is 10.4. The lowest BCUT2D eigenvalue weighted by Crippen LogP contribution is -1.97. The monoisotopic (exact) mass is 186 g/mol. The lowest BCUT2D eigenvalue weighted by Gasteiger charge is -2.02. The fourth-order valence-corrected chi connectivity index (χ4v) is 1.07. The zero-order valence-corrected chi connectivity index (χ0v) is 8.76. The van der Waals surface area contributed by atoms with Crippen LogP contribution in [0.5, 0.6) is 0 Å². The smallest absolute Gasteiger partial charge is 0.0495 e. The van der Waals surface area contributed by atoms with E-state index in [4.69, 9.17) is 9.47 Å². The average molecular weight is 186 g/mol. The molecule has 0 fully saturated rings. The highest BCUT2D eigenvalue weighted by Crippen LogP contribution is 2.00. The first-order chi connectivity index (χ1) is 6.41. The fraction of sp³-hybridized carbons (Fsp3) is 0.818. The van der Waals surface area contributed by atoms with Gasteiger partial charge in [0, 0.05) is 26.4 Å². The summed E-state index contributed by atoms with van der Waals surface area (Å²) in [4.78, 5) is 0. The molecule has 0 aliphatic rings. The van der Waals surface area contributed by atoms with E-state index in [0.717, 1.165) is 32.7 Å². The maximum absolute atomic E-state index is 5.31. The third-order valence-corrected chi connectivity index (χ3v) is 1.76. The molecule has 13 heavy (non-hydrogen) atoms. The van der Waals surface area contributed by atoms with Crippen LogP contribution in [0.15, 0.2) is 0 Å². The molecule has 0 saturated heterocycles. The van der Waals surface area contributed by atoms with Crippen molar-refractivity contribution in [1.82, 2.24) is 0 Å². The zero-order valence-electron chi connectivity index (χ0n) is 8.76. The summed E-state index contributed by atoms with van der Waals surface area (Å²) in [6, 6.07) is 0. The lowest BCUT2D eigenvalue weighted by atomic mass is 10.2. The van der Waals surface area contributed by atoms with Crippen LogP contribution in [0.1, 0.15) is 32.6 Å². The molecule has 0 aromatic heterocycles. The fourth-order valence-electron chi connectivity index (χ4n) is 1.07. The van der Waals surface area contributed by atoms with Crippen molar-refractivity contribution in [2.45, 2.75) is 32.6 Å². The van der Waals surface area contributed by atoms with E-state index in [0.29, 0.717) is 6.61 Å². The van der Waals surface area contributed by atoms with Gasteiger partial charge in [-0.1, -0.05) is 19.8 Å². The van der Waals surface area contributed by atoms with E-state index in [-0.39, 0.29) is 0 Å². The van der Waals surface area contributed by atoms with Crippen molar-refractivity contribution in [3.05, 3.63) is 13.3 Å². The minimum atomic E-state index is 0.593. The summed E-state index contributed by atoms with van der Waals surface area (Å²) in [5.74, 6) is 0. The standard InChI is InChI=1S/C11H22O2/c1-3-9-13-11-8-6-5-7-10-12-4-2/h3H,2,4-11H2,1H3. The van der Waals surface area contributed by atoms with Crippen molar-refractivity contribution in [2.24, 2.45) is 0 Å². The SMILES string of the molecule is [CH2]COCCCCCCOC[CH]C. The van der Waals surface area contributed by atoms with E-state index < -0.39 is 0 Å². The number of ether oxygens (including phenoxy) is 2. The van der Waals surface area contributed by atoms with Gasteiger partial charge in [0.05, 0.1) is 0 Å². The third kappa shape index (κ3) is 11.9. The Balaban J connectivity index is 2.76. The Morgan fingerprint density at radius 1 is 1.00 bits per heavy atom. The lowest BCUT2D eigenvalue weighted by molar-refractivity contribution is 0.142. The molecule has 0 bridgehead atoms. The zero-order chi connectivity index (χ0) is 9.78. The van der Waals surface area contributed by atoms with Crippen LogP contribution in [-0.2, 0) is 9.47 Å². The second-order valence-electron chi connectivity index (χ2n) is 3.01. The van der Waals surface area contributed by atoms with Crippen molar-refractivity contribution < 1.29 is 9.47 Å². The molecule has 2 radical (unpaired) electrons. The molecule has 0 unspecified atom stereocenters. The van der Waals surface area contributed by atoms with Gasteiger partial charge in [-0.3, -0.25) is 0 Å². The van der Waals surface area contributed by atoms with E-state index in [2.05, 4.69) is 6.92 Å². The largest absolute Gasteiger partial charge is 0.381 e. The van der Waals surface area contributed by atoms with Gasteiger partial charge in [0.2, 0.25) is 0 Å². The summed E-state index contributed by atoms with van der Waals surface area (Å²) in [5, 5.41) is 0. The molecule has 0 atom stereocenters. The molecular formula is C11H22O2. The van der Waals surface area contributed by atoms with Gasteiger partial charge in [0.1, 0.15) is 0 Å². The minimum absolute atomic E-state index is 0.593. The number of hydrogen-bond donors (Lipinski definition) is 0. The maximum Gasteiger partial charge on any atom is 0.0495 e. The highest BCUT2D eigenvalue weighted by Gasteiger charge is 1.90. The van der Waals surface area contributed by atoms with Gasteiger partial charge in [-0.2, -0.15) is 0 Å². The van der Waals surface area contributed by atoms with Crippen molar-refractivity contribution in [2.75, 3.05) is 26.4 Å². The van der Waals surface area contributed by atoms with Crippen LogP contribution in [0.25, 0.3) is 0 Å². The summed E-state index contributed by atoms with van der Waals surface area (Å²) in [6.45, 7) is 8.74. The Morgan fingerprint density at radius 2 is 1.62 bits per heavy atom. The molecule has 2 nitrogen and oxygen atoms in total. The number of unbranched alkanes of at least 4 members (excludes halogenated alkanes) is 3. The van der Waals surface area contributed by atoms with Crippen molar-refractivity contribution in [1.29, 1.82) is 0 Å². The first kappa shape index (κ1) is 12.9. The Hall–Kier alpha value is -0.0800. The van der Waals surface area contributed by atoms with Gasteiger partial charge in [-0.25, -0.2) is 0 Å². The van der Waals surface area contributed by atoms with Crippen LogP contribution < -0.4 is 0 Å². The van der Waals surface area contributed by atoms with Crippen LogP contribution in [0.4, 0.5) is 0 Å². The van der Waals surface area contributed by atoms with Crippen LogP contribution in [0, 0.1) is 13.3 Å². The van der Waals surface area contributed by atoms with E-state index in [9.17, 15) is 0 Å². The van der Waals surface area contributed by atoms with E-state index in [1.165, 1.54) is 12.8 Å². The highest BCUT2D eigenvalue weighted by molar-refractivity contribution is 4.51. The minimum Gasteiger partial charge on any atom is -0.381 e. The summed E-state index contributed by atoms with van der Waals surface area (Å²) in [5.41, 5.74) is 0. The maximum atomic E-state index is 5.31. The van der Waals surface area contributed by atoms with Crippen LogP contribution in [0.3, 0.4) is 0 Å². The molecule has 0 rings (SSSR count). The highest BCUT2D eigenvalue weighted by atomic mass is 16.5. The Kier molecular flexibility index (Phi) is 11.8. The molecule has 0 spiro atoms. The predicted molar refractivity (Wildman–Crippen MR) is 55.4 cm³/mol.